The van der Waals surface area contributed by atoms with E-state index in [1.54, 1.807) is 0 Å². The summed E-state index contributed by atoms with van der Waals surface area (Å²) in [5.41, 5.74) is 10.3. The van der Waals surface area contributed by atoms with E-state index in [9.17, 15) is 0 Å². The van der Waals surface area contributed by atoms with Gasteiger partial charge in [0.25, 0.3) is 0 Å². The van der Waals surface area contributed by atoms with Crippen LogP contribution in [0, 0.1) is 5.41 Å². The monoisotopic (exact) mass is 720 g/mol. The van der Waals surface area contributed by atoms with Crippen molar-refractivity contribution >= 4 is 74.9 Å². The fraction of sp³-hybridized carbons (Fsp3) is 0.240. The summed E-state index contributed by atoms with van der Waals surface area (Å²) in [6, 6.07) is 39.8. The van der Waals surface area contributed by atoms with E-state index < -0.39 is 0 Å². The first-order chi connectivity index (χ1) is 25.5. The molecule has 6 aromatic carbocycles. The first-order valence-electron chi connectivity index (χ1n) is 19.3. The molecule has 4 aliphatic rings. The van der Waals surface area contributed by atoms with Crippen molar-refractivity contribution in [2.45, 2.75) is 85.0 Å². The Kier molecular flexibility index (Phi) is 7.67. The molecule has 10 rings (SSSR count). The summed E-state index contributed by atoms with van der Waals surface area (Å²) in [5, 5.41) is 8.52. The van der Waals surface area contributed by atoms with Crippen LogP contribution in [-0.2, 0) is 5.41 Å². The fourth-order valence-electron chi connectivity index (χ4n) is 9.44. The van der Waals surface area contributed by atoms with Crippen LogP contribution in [0.5, 0.6) is 0 Å². The van der Waals surface area contributed by atoms with Gasteiger partial charge in [0.05, 0.1) is 0 Å². The smallest absolute Gasteiger partial charge is 0.119 e. The molecule has 3 atom stereocenters. The van der Waals surface area contributed by atoms with Crippen LogP contribution >= 0.6 is 23.5 Å². The lowest BCUT2D eigenvalue weighted by molar-refractivity contribution is 0.512. The Morgan fingerprint density at radius 2 is 1.30 bits per heavy atom. The van der Waals surface area contributed by atoms with Crippen molar-refractivity contribution in [1.82, 2.24) is 0 Å². The minimum atomic E-state index is 0.0953. The van der Waals surface area contributed by atoms with Gasteiger partial charge in [-0.1, -0.05) is 174 Å². The van der Waals surface area contributed by atoms with Gasteiger partial charge in [-0.3, -0.25) is 0 Å². The van der Waals surface area contributed by atoms with Crippen LogP contribution in [-0.4, -0.2) is 12.0 Å². The molecular weight excluding hydrogens is 675 g/mol. The molecule has 0 nitrogen and oxygen atoms in total. The Bertz CT molecular complexity index is 2640. The lowest BCUT2D eigenvalue weighted by Gasteiger charge is -2.42. The quantitative estimate of drug-likeness (QED) is 0.129. The summed E-state index contributed by atoms with van der Waals surface area (Å²) in [6.07, 6.45) is 13.6. The van der Waals surface area contributed by atoms with Crippen LogP contribution in [0.4, 0.5) is 0 Å². The number of fused-ring (bicyclic) bond motifs is 7. The number of allylic oxidation sites excluding steroid dienone is 3. The third-order valence-electron chi connectivity index (χ3n) is 12.2. The molecule has 3 heteroatoms. The van der Waals surface area contributed by atoms with Gasteiger partial charge < -0.3 is 0 Å². The maximum Gasteiger partial charge on any atom is 0.222 e. The molecule has 0 spiro atoms. The molecule has 0 amide bonds. The predicted octanol–water partition coefficient (Wildman–Crippen LogP) is 11.2. The molecule has 0 saturated heterocycles. The van der Waals surface area contributed by atoms with E-state index in [1.165, 1.54) is 85.4 Å². The predicted molar refractivity (Wildman–Crippen MR) is 233 cm³/mol. The lowest BCUT2D eigenvalue weighted by Crippen LogP contribution is -2.55. The van der Waals surface area contributed by atoms with Gasteiger partial charge in [-0.25, -0.2) is 0 Å². The molecule has 0 radical (unpaired) electrons. The molecule has 0 aromatic heterocycles. The summed E-state index contributed by atoms with van der Waals surface area (Å²) in [4.78, 5) is 4.30. The summed E-state index contributed by atoms with van der Waals surface area (Å²) in [6.45, 7) is 14.4. The van der Waals surface area contributed by atoms with Gasteiger partial charge >= 0.3 is 0 Å². The van der Waals surface area contributed by atoms with Crippen molar-refractivity contribution < 1.29 is 0 Å². The van der Waals surface area contributed by atoms with Crippen molar-refractivity contribution in [1.29, 1.82) is 0 Å². The SMILES string of the molecule is CC(C)(C)C1=CC2Sc3cc(-c4c5ccccc5c(C5C=c6ccccc6=CC5)c5ccccc45)cc4c3B(c3ccc(C(C)(C)C)cc3S4)C2C=C1. The number of benzene rings is 6. The molecule has 0 saturated carbocycles. The normalized spacial score (nSPS) is 20.2. The minimum Gasteiger partial charge on any atom is -0.119 e. The number of hydrogen-bond donors (Lipinski definition) is 0. The highest BCUT2D eigenvalue weighted by Crippen LogP contribution is 2.51. The highest BCUT2D eigenvalue weighted by molar-refractivity contribution is 8.01. The van der Waals surface area contributed by atoms with Crippen molar-refractivity contribution in [2.75, 3.05) is 0 Å². The third-order valence-corrected chi connectivity index (χ3v) is 14.6. The molecule has 2 aliphatic heterocycles. The molecule has 3 unspecified atom stereocenters. The average molecular weight is 721 g/mol. The van der Waals surface area contributed by atoms with E-state index in [0.717, 1.165) is 6.42 Å². The van der Waals surface area contributed by atoms with Gasteiger partial charge in [-0.05, 0) is 107 Å². The average Bonchev–Trinajstić information content (AvgIpc) is 3.15. The molecule has 6 aromatic rings. The van der Waals surface area contributed by atoms with Crippen LogP contribution in [0.15, 0.2) is 142 Å². The van der Waals surface area contributed by atoms with Crippen LogP contribution < -0.4 is 21.4 Å². The second-order valence-electron chi connectivity index (χ2n) is 17.6. The Morgan fingerprint density at radius 3 is 2.00 bits per heavy atom. The molecule has 2 aliphatic carbocycles. The minimum absolute atomic E-state index is 0.0953. The van der Waals surface area contributed by atoms with Gasteiger partial charge in [0.2, 0.25) is 6.71 Å². The molecule has 0 bridgehead atoms. The van der Waals surface area contributed by atoms with E-state index in [0.29, 0.717) is 23.7 Å². The standard InChI is InChI=1S/C50H45BS2/c1-49(2,3)34-21-23-40-42(28-34)52-44-26-33(27-45-48(44)51(40)41-24-22-35(50(4,5)6)29-43(41)53-45)47-38-17-11-9-15-36(38)46(37-16-10-12-18-39(37)47)32-20-19-30-13-7-8-14-31(30)25-32/h7-19,21-29,32,40,42H,20H2,1-6H3. The van der Waals surface area contributed by atoms with Crippen LogP contribution in [0.25, 0.3) is 44.8 Å². The fourth-order valence-corrected chi connectivity index (χ4v) is 12.2. The van der Waals surface area contributed by atoms with E-state index in [1.807, 2.05) is 11.8 Å². The van der Waals surface area contributed by atoms with Crippen molar-refractivity contribution in [3.05, 3.63) is 148 Å². The highest BCUT2D eigenvalue weighted by atomic mass is 32.2. The van der Waals surface area contributed by atoms with E-state index in [-0.39, 0.29) is 10.8 Å². The van der Waals surface area contributed by atoms with Gasteiger partial charge in [0.15, 0.2) is 0 Å². The second kappa shape index (κ2) is 12.2. The Balaban J connectivity index is 1.21. The zero-order valence-corrected chi connectivity index (χ0v) is 33.2. The zero-order valence-electron chi connectivity index (χ0n) is 31.5. The third kappa shape index (κ3) is 5.44. The first-order valence-corrected chi connectivity index (χ1v) is 21.0. The number of thioether (sulfide) groups is 1. The molecule has 0 fully saturated rings. The largest absolute Gasteiger partial charge is 0.222 e. The summed E-state index contributed by atoms with van der Waals surface area (Å²) in [5.74, 6) is 0.747. The van der Waals surface area contributed by atoms with E-state index >= 15 is 0 Å². The molecule has 53 heavy (non-hydrogen) atoms. The maximum atomic E-state index is 2.60. The van der Waals surface area contributed by atoms with Crippen molar-refractivity contribution in [3.63, 3.8) is 0 Å². The molecule has 0 N–H and O–H groups in total. The maximum absolute atomic E-state index is 2.60. The van der Waals surface area contributed by atoms with Crippen LogP contribution in [0.3, 0.4) is 0 Å². The summed E-state index contributed by atoms with van der Waals surface area (Å²) < 4.78 is 0. The van der Waals surface area contributed by atoms with E-state index in [4.69, 9.17) is 0 Å². The summed E-state index contributed by atoms with van der Waals surface area (Å²) >= 11 is 4.10. The van der Waals surface area contributed by atoms with E-state index in [2.05, 4.69) is 187 Å². The van der Waals surface area contributed by atoms with Crippen molar-refractivity contribution in [2.24, 2.45) is 5.41 Å². The van der Waals surface area contributed by atoms with Gasteiger partial charge in [0, 0.05) is 25.9 Å². The van der Waals surface area contributed by atoms with Gasteiger partial charge in [0.1, 0.15) is 0 Å². The Morgan fingerprint density at radius 1 is 0.642 bits per heavy atom. The summed E-state index contributed by atoms with van der Waals surface area (Å²) in [7, 11) is 0. The highest BCUT2D eigenvalue weighted by Gasteiger charge is 2.45. The molecule has 260 valence electrons. The van der Waals surface area contributed by atoms with Crippen LogP contribution in [0.2, 0.25) is 5.82 Å². The van der Waals surface area contributed by atoms with Gasteiger partial charge in [-0.2, -0.15) is 0 Å². The zero-order chi connectivity index (χ0) is 36.2. The van der Waals surface area contributed by atoms with Crippen molar-refractivity contribution in [3.8, 4) is 11.1 Å². The number of rotatable bonds is 2. The number of hydrogen-bond acceptors (Lipinski definition) is 2. The lowest BCUT2D eigenvalue weighted by atomic mass is 9.32. The second-order valence-corrected chi connectivity index (χ2v) is 19.9. The van der Waals surface area contributed by atoms with Crippen LogP contribution in [0.1, 0.15) is 65.0 Å². The first kappa shape index (κ1) is 33.4. The van der Waals surface area contributed by atoms with Gasteiger partial charge in [-0.15, -0.1) is 11.8 Å². The Hall–Kier alpha value is -4.18. The molecular formula is C50H45BS2. The molecule has 2 heterocycles. The topological polar surface area (TPSA) is 0 Å². The Labute approximate surface area is 323 Å².